The minimum absolute atomic E-state index is 0.395. The van der Waals surface area contributed by atoms with Crippen LogP contribution >= 0.6 is 23.2 Å². The summed E-state index contributed by atoms with van der Waals surface area (Å²) in [5.41, 5.74) is 3.59. The summed E-state index contributed by atoms with van der Waals surface area (Å²) >= 11 is 11.7. The Morgan fingerprint density at radius 3 is 2.57 bits per heavy atom. The Hall–Kier alpha value is -1.98. The van der Waals surface area contributed by atoms with Crippen molar-refractivity contribution in [3.8, 4) is 11.5 Å². The Labute approximate surface area is 132 Å². The number of anilines is 1. The monoisotopic (exact) mass is 325 g/mol. The first-order valence-electron chi connectivity index (χ1n) is 5.96. The van der Waals surface area contributed by atoms with E-state index in [-0.39, 0.29) is 0 Å². The molecule has 0 unspecified atom stereocenters. The maximum Gasteiger partial charge on any atom is 0.165 e. The average molecular weight is 326 g/mol. The summed E-state index contributed by atoms with van der Waals surface area (Å²) in [5.74, 6) is 1.71. The van der Waals surface area contributed by atoms with Crippen LogP contribution in [0, 0.1) is 0 Å². The topological polar surface area (TPSA) is 55.7 Å². The minimum Gasteiger partial charge on any atom is -0.493 e. The molecule has 110 valence electrons. The molecule has 1 aromatic carbocycles. The molecule has 1 N–H and O–H groups in total. The number of aromatic nitrogens is 1. The van der Waals surface area contributed by atoms with E-state index in [0.29, 0.717) is 27.4 Å². The Bertz CT molecular complexity index is 663. The molecule has 0 amide bonds. The number of methoxy groups -OCH3 is 2. The molecule has 21 heavy (non-hydrogen) atoms. The number of nitrogens with zero attached hydrogens (tertiary/aromatic N) is 2. The van der Waals surface area contributed by atoms with Gasteiger partial charge in [0.25, 0.3) is 0 Å². The predicted molar refractivity (Wildman–Crippen MR) is 85.0 cm³/mol. The van der Waals surface area contributed by atoms with Gasteiger partial charge in [-0.2, -0.15) is 5.10 Å². The number of hydrogen-bond donors (Lipinski definition) is 1. The molecule has 2 aromatic rings. The second kappa shape index (κ2) is 7.15. The molecule has 1 heterocycles. The fourth-order valence-electron chi connectivity index (χ4n) is 1.60. The summed E-state index contributed by atoms with van der Waals surface area (Å²) in [7, 11) is 3.16. The van der Waals surface area contributed by atoms with E-state index >= 15 is 0 Å². The van der Waals surface area contributed by atoms with E-state index in [1.807, 2.05) is 6.07 Å². The van der Waals surface area contributed by atoms with Gasteiger partial charge in [-0.3, -0.25) is 5.43 Å². The van der Waals surface area contributed by atoms with Crippen LogP contribution < -0.4 is 14.9 Å². The van der Waals surface area contributed by atoms with Crippen LogP contribution in [0.25, 0.3) is 0 Å². The highest BCUT2D eigenvalue weighted by Gasteiger charge is 2.03. The van der Waals surface area contributed by atoms with Crippen LogP contribution in [0.4, 0.5) is 5.82 Å². The van der Waals surface area contributed by atoms with E-state index in [2.05, 4.69) is 15.5 Å². The average Bonchev–Trinajstić information content (AvgIpc) is 2.49. The maximum absolute atomic E-state index is 5.98. The van der Waals surface area contributed by atoms with Crippen LogP contribution in [0.5, 0.6) is 11.5 Å². The number of hydrogen-bond acceptors (Lipinski definition) is 5. The van der Waals surface area contributed by atoms with Crippen LogP contribution in [0.3, 0.4) is 0 Å². The lowest BCUT2D eigenvalue weighted by molar-refractivity contribution is 0.355. The smallest absolute Gasteiger partial charge is 0.165 e. The molecule has 1 aromatic heterocycles. The zero-order valence-corrected chi connectivity index (χ0v) is 12.9. The van der Waals surface area contributed by atoms with Gasteiger partial charge in [-0.1, -0.05) is 23.2 Å². The number of hydrazone groups is 1. The third kappa shape index (κ3) is 4.00. The van der Waals surface area contributed by atoms with Gasteiger partial charge in [-0.05, 0) is 29.8 Å². The van der Waals surface area contributed by atoms with Gasteiger partial charge >= 0.3 is 0 Å². The standard InChI is InChI=1S/C14H13Cl2N3O2/c1-20-12-4-3-9(5-13(12)21-2)7-18-19-14-11(16)6-10(15)8-17-14/h3-8H,1-2H3,(H,17,19)/b18-7+. The highest BCUT2D eigenvalue weighted by atomic mass is 35.5. The molecule has 0 aliphatic heterocycles. The van der Waals surface area contributed by atoms with Gasteiger partial charge in [-0.25, -0.2) is 4.98 Å². The summed E-state index contributed by atoms with van der Waals surface area (Å²) < 4.78 is 10.4. The SMILES string of the molecule is COc1ccc(/C=N/Nc2ncc(Cl)cc2Cl)cc1OC. The molecular weight excluding hydrogens is 313 g/mol. The Morgan fingerprint density at radius 2 is 1.90 bits per heavy atom. The molecule has 0 fully saturated rings. The van der Waals surface area contributed by atoms with Gasteiger partial charge in [0, 0.05) is 6.20 Å². The Balaban J connectivity index is 2.11. The largest absolute Gasteiger partial charge is 0.493 e. The van der Waals surface area contributed by atoms with Gasteiger partial charge in [0.2, 0.25) is 0 Å². The van der Waals surface area contributed by atoms with Crippen LogP contribution in [0.1, 0.15) is 5.56 Å². The Morgan fingerprint density at radius 1 is 1.14 bits per heavy atom. The third-order valence-electron chi connectivity index (χ3n) is 2.60. The highest BCUT2D eigenvalue weighted by Crippen LogP contribution is 2.27. The quantitative estimate of drug-likeness (QED) is 0.670. The van der Waals surface area contributed by atoms with Gasteiger partial charge in [-0.15, -0.1) is 0 Å². The molecule has 0 atom stereocenters. The van der Waals surface area contributed by atoms with Crippen molar-refractivity contribution < 1.29 is 9.47 Å². The number of benzene rings is 1. The van der Waals surface area contributed by atoms with E-state index in [0.717, 1.165) is 5.56 Å². The van der Waals surface area contributed by atoms with Crippen molar-refractivity contribution in [1.29, 1.82) is 0 Å². The summed E-state index contributed by atoms with van der Waals surface area (Å²) in [6.07, 6.45) is 3.11. The molecule has 0 aliphatic carbocycles. The third-order valence-corrected chi connectivity index (χ3v) is 3.09. The van der Waals surface area contributed by atoms with Crippen LogP contribution in [0.2, 0.25) is 10.0 Å². The van der Waals surface area contributed by atoms with E-state index < -0.39 is 0 Å². The zero-order chi connectivity index (χ0) is 15.2. The van der Waals surface area contributed by atoms with E-state index in [4.69, 9.17) is 32.7 Å². The highest BCUT2D eigenvalue weighted by molar-refractivity contribution is 6.35. The number of halogens is 2. The summed E-state index contributed by atoms with van der Waals surface area (Å²) in [6.45, 7) is 0. The maximum atomic E-state index is 5.98. The van der Waals surface area contributed by atoms with Gasteiger partial charge < -0.3 is 9.47 Å². The van der Waals surface area contributed by atoms with E-state index in [9.17, 15) is 0 Å². The van der Waals surface area contributed by atoms with E-state index in [1.54, 1.807) is 38.6 Å². The van der Waals surface area contributed by atoms with E-state index in [1.165, 1.54) is 6.20 Å². The zero-order valence-electron chi connectivity index (χ0n) is 11.4. The summed E-state index contributed by atoms with van der Waals surface area (Å²) in [6, 6.07) is 7.04. The molecule has 0 radical (unpaired) electrons. The molecule has 0 saturated heterocycles. The molecule has 5 nitrogen and oxygen atoms in total. The van der Waals surface area contributed by atoms with Gasteiger partial charge in [0.1, 0.15) is 0 Å². The second-order valence-electron chi connectivity index (χ2n) is 3.97. The number of rotatable bonds is 5. The van der Waals surface area contributed by atoms with Crippen molar-refractivity contribution in [2.24, 2.45) is 5.10 Å². The van der Waals surface area contributed by atoms with Crippen LogP contribution in [-0.2, 0) is 0 Å². The first kappa shape index (κ1) is 15.4. The number of ether oxygens (including phenoxy) is 2. The molecular formula is C14H13Cl2N3O2. The van der Waals surface area contributed by atoms with Gasteiger partial charge in [0.15, 0.2) is 17.3 Å². The molecule has 0 bridgehead atoms. The van der Waals surface area contributed by atoms with Crippen molar-refractivity contribution in [2.45, 2.75) is 0 Å². The van der Waals surface area contributed by atoms with Crippen LogP contribution in [-0.4, -0.2) is 25.4 Å². The molecule has 0 spiro atoms. The minimum atomic E-state index is 0.395. The second-order valence-corrected chi connectivity index (χ2v) is 4.81. The van der Waals surface area contributed by atoms with Crippen molar-refractivity contribution in [1.82, 2.24) is 4.98 Å². The van der Waals surface area contributed by atoms with Gasteiger partial charge in [0.05, 0.1) is 30.5 Å². The Kier molecular flexibility index (Phi) is 5.25. The fraction of sp³-hybridized carbons (Fsp3) is 0.143. The van der Waals surface area contributed by atoms with Crippen molar-refractivity contribution in [3.05, 3.63) is 46.1 Å². The molecule has 7 heteroatoms. The van der Waals surface area contributed by atoms with Crippen molar-refractivity contribution in [3.63, 3.8) is 0 Å². The van der Waals surface area contributed by atoms with Crippen LogP contribution in [0.15, 0.2) is 35.6 Å². The number of nitrogens with one attached hydrogen (secondary N) is 1. The summed E-state index contributed by atoms with van der Waals surface area (Å²) in [5, 5.41) is 4.93. The lowest BCUT2D eigenvalue weighted by Gasteiger charge is -2.07. The van der Waals surface area contributed by atoms with Crippen molar-refractivity contribution in [2.75, 3.05) is 19.6 Å². The summed E-state index contributed by atoms with van der Waals surface area (Å²) in [4.78, 5) is 4.04. The van der Waals surface area contributed by atoms with Crippen molar-refractivity contribution >= 4 is 35.2 Å². The lowest BCUT2D eigenvalue weighted by Crippen LogP contribution is -1.95. The number of pyridine rings is 1. The fourth-order valence-corrected chi connectivity index (χ4v) is 2.02. The first-order chi connectivity index (χ1) is 10.1. The predicted octanol–water partition coefficient (Wildman–Crippen LogP) is 3.85. The molecule has 0 saturated carbocycles. The lowest BCUT2D eigenvalue weighted by atomic mass is 10.2. The molecule has 2 rings (SSSR count). The molecule has 0 aliphatic rings. The first-order valence-corrected chi connectivity index (χ1v) is 6.71. The normalized spacial score (nSPS) is 10.7.